The van der Waals surface area contributed by atoms with Gasteiger partial charge in [0.15, 0.2) is 0 Å². The Bertz CT molecular complexity index is 652. The maximum Gasteiger partial charge on any atom is 0.214 e. The summed E-state index contributed by atoms with van der Waals surface area (Å²) >= 11 is 1.48. The highest BCUT2D eigenvalue weighted by molar-refractivity contribution is 8.00. The molecule has 1 heterocycles. The van der Waals surface area contributed by atoms with E-state index in [1.165, 1.54) is 11.8 Å². The maximum atomic E-state index is 11.8. The summed E-state index contributed by atoms with van der Waals surface area (Å²) in [6.07, 6.45) is 2.58. The number of ketones is 1. The van der Waals surface area contributed by atoms with Crippen molar-refractivity contribution < 1.29 is 4.79 Å². The minimum atomic E-state index is 0.00450. The van der Waals surface area contributed by atoms with E-state index in [0.29, 0.717) is 17.4 Å². The molecule has 0 bridgehead atoms. The van der Waals surface area contributed by atoms with Crippen molar-refractivity contribution in [2.24, 2.45) is 0 Å². The zero-order valence-corrected chi connectivity index (χ0v) is 12.4. The van der Waals surface area contributed by atoms with Gasteiger partial charge in [0.2, 0.25) is 5.16 Å². The molecule has 2 aromatic rings. The maximum absolute atomic E-state index is 11.8. The highest BCUT2D eigenvalue weighted by Crippen LogP contribution is 2.32. The first kappa shape index (κ1) is 13.3. The van der Waals surface area contributed by atoms with Crippen LogP contribution in [0.25, 0.3) is 5.69 Å². The molecule has 1 atom stereocenters. The lowest BCUT2D eigenvalue weighted by Gasteiger charge is -2.10. The zero-order chi connectivity index (χ0) is 14.1. The Labute approximate surface area is 121 Å². The minimum absolute atomic E-state index is 0.00450. The molecule has 1 aromatic carbocycles. The van der Waals surface area contributed by atoms with Crippen molar-refractivity contribution in [3.8, 4) is 5.69 Å². The molecule has 104 valence electrons. The number of hydrogen-bond acceptors (Lipinski definition) is 5. The third-order valence-corrected chi connectivity index (χ3v) is 4.78. The fraction of sp³-hybridized carbons (Fsp3) is 0.429. The van der Waals surface area contributed by atoms with E-state index in [1.807, 2.05) is 13.8 Å². The van der Waals surface area contributed by atoms with Crippen molar-refractivity contribution in [1.29, 1.82) is 0 Å². The van der Waals surface area contributed by atoms with Crippen molar-refractivity contribution in [2.75, 3.05) is 0 Å². The molecule has 1 aliphatic carbocycles. The second-order valence-electron chi connectivity index (χ2n) is 5.13. The number of aromatic nitrogens is 4. The zero-order valence-electron chi connectivity index (χ0n) is 11.5. The van der Waals surface area contributed by atoms with Crippen molar-refractivity contribution in [2.45, 2.75) is 43.5 Å². The second kappa shape index (κ2) is 5.36. The molecule has 20 heavy (non-hydrogen) atoms. The topological polar surface area (TPSA) is 60.7 Å². The molecule has 0 N–H and O–H groups in total. The molecular weight excluding hydrogens is 272 g/mol. The SMILES string of the molecule is Cc1ccc(C)c(-n2nnnc2SC2CCCC2=O)c1. The molecule has 1 aromatic heterocycles. The summed E-state index contributed by atoms with van der Waals surface area (Å²) in [5.74, 6) is 0.311. The van der Waals surface area contributed by atoms with Gasteiger partial charge in [-0.05, 0) is 54.3 Å². The van der Waals surface area contributed by atoms with Crippen LogP contribution in [0.4, 0.5) is 0 Å². The van der Waals surface area contributed by atoms with Crippen molar-refractivity contribution in [3.05, 3.63) is 29.3 Å². The van der Waals surface area contributed by atoms with Crippen LogP contribution >= 0.6 is 11.8 Å². The summed E-state index contributed by atoms with van der Waals surface area (Å²) in [4.78, 5) is 11.8. The number of aryl methyl sites for hydroxylation is 2. The molecule has 0 saturated heterocycles. The molecule has 6 heteroatoms. The lowest BCUT2D eigenvalue weighted by atomic mass is 10.1. The van der Waals surface area contributed by atoms with Gasteiger partial charge in [-0.2, -0.15) is 4.68 Å². The van der Waals surface area contributed by atoms with Crippen LogP contribution in [0.2, 0.25) is 0 Å². The predicted octanol–water partition coefficient (Wildman–Crippen LogP) is 2.49. The molecule has 0 spiro atoms. The van der Waals surface area contributed by atoms with E-state index < -0.39 is 0 Å². The smallest absolute Gasteiger partial charge is 0.214 e. The van der Waals surface area contributed by atoms with Gasteiger partial charge in [0.1, 0.15) is 5.78 Å². The van der Waals surface area contributed by atoms with Gasteiger partial charge < -0.3 is 0 Å². The quantitative estimate of drug-likeness (QED) is 0.868. The molecule has 0 amide bonds. The van der Waals surface area contributed by atoms with Crippen molar-refractivity contribution in [1.82, 2.24) is 20.2 Å². The molecule has 1 unspecified atom stereocenters. The highest BCUT2D eigenvalue weighted by atomic mass is 32.2. The number of tetrazole rings is 1. The van der Waals surface area contributed by atoms with E-state index in [9.17, 15) is 4.79 Å². The first-order valence-corrected chi connectivity index (χ1v) is 7.58. The Kier molecular flexibility index (Phi) is 3.56. The number of carbonyl (C=O) groups is 1. The number of carbonyl (C=O) groups excluding carboxylic acids is 1. The van der Waals surface area contributed by atoms with E-state index in [4.69, 9.17) is 0 Å². The van der Waals surface area contributed by atoms with Gasteiger partial charge in [0, 0.05) is 6.42 Å². The largest absolute Gasteiger partial charge is 0.298 e. The van der Waals surface area contributed by atoms with E-state index >= 15 is 0 Å². The van der Waals surface area contributed by atoms with E-state index in [1.54, 1.807) is 4.68 Å². The summed E-state index contributed by atoms with van der Waals surface area (Å²) in [6, 6.07) is 6.18. The Balaban J connectivity index is 1.93. The molecule has 3 rings (SSSR count). The summed E-state index contributed by atoms with van der Waals surface area (Å²) in [7, 11) is 0. The Morgan fingerprint density at radius 2 is 2.20 bits per heavy atom. The first-order valence-electron chi connectivity index (χ1n) is 6.70. The lowest BCUT2D eigenvalue weighted by molar-refractivity contribution is -0.116. The van der Waals surface area contributed by atoms with E-state index in [0.717, 1.165) is 29.7 Å². The fourth-order valence-corrected chi connectivity index (χ4v) is 3.49. The molecular formula is C14H16N4OS. The van der Waals surface area contributed by atoms with E-state index in [2.05, 4.69) is 33.7 Å². The van der Waals surface area contributed by atoms with Crippen LogP contribution in [0.5, 0.6) is 0 Å². The summed E-state index contributed by atoms with van der Waals surface area (Å²) in [5, 5.41) is 12.6. The third kappa shape index (κ3) is 2.47. The van der Waals surface area contributed by atoms with Crippen LogP contribution in [0.15, 0.2) is 23.4 Å². The van der Waals surface area contributed by atoms with Crippen LogP contribution in [0.3, 0.4) is 0 Å². The van der Waals surface area contributed by atoms with Crippen molar-refractivity contribution in [3.63, 3.8) is 0 Å². The molecule has 1 aliphatic rings. The average molecular weight is 288 g/mol. The van der Waals surface area contributed by atoms with Gasteiger partial charge in [-0.1, -0.05) is 23.9 Å². The number of benzene rings is 1. The second-order valence-corrected chi connectivity index (χ2v) is 6.30. The van der Waals surface area contributed by atoms with Gasteiger partial charge >= 0.3 is 0 Å². The normalized spacial score (nSPS) is 18.7. The molecule has 0 aliphatic heterocycles. The minimum Gasteiger partial charge on any atom is -0.298 e. The van der Waals surface area contributed by atoms with Gasteiger partial charge in [-0.25, -0.2) is 0 Å². The summed E-state index contributed by atoms with van der Waals surface area (Å²) < 4.78 is 1.73. The Morgan fingerprint density at radius 1 is 1.35 bits per heavy atom. The van der Waals surface area contributed by atoms with Crippen LogP contribution in [-0.2, 0) is 4.79 Å². The van der Waals surface area contributed by atoms with Gasteiger partial charge in [-0.15, -0.1) is 5.10 Å². The van der Waals surface area contributed by atoms with Crippen LogP contribution < -0.4 is 0 Å². The number of Topliss-reactive ketones (excluding diaryl/α,β-unsaturated/α-hetero) is 1. The average Bonchev–Trinajstić information content (AvgIpc) is 3.03. The van der Waals surface area contributed by atoms with Crippen LogP contribution in [0, 0.1) is 13.8 Å². The molecule has 5 nitrogen and oxygen atoms in total. The van der Waals surface area contributed by atoms with Gasteiger partial charge in [-0.3, -0.25) is 4.79 Å². The number of rotatable bonds is 3. The van der Waals surface area contributed by atoms with Crippen molar-refractivity contribution >= 4 is 17.5 Å². The number of nitrogens with zero attached hydrogens (tertiary/aromatic N) is 4. The molecule has 1 fully saturated rings. The standard InChI is InChI=1S/C14H16N4OS/c1-9-6-7-10(2)11(8-9)18-14(15-16-17-18)20-13-5-3-4-12(13)19/h6-8,13H,3-5H2,1-2H3. The monoisotopic (exact) mass is 288 g/mol. The highest BCUT2D eigenvalue weighted by Gasteiger charge is 2.27. The van der Waals surface area contributed by atoms with Crippen LogP contribution in [0.1, 0.15) is 30.4 Å². The first-order chi connectivity index (χ1) is 9.65. The van der Waals surface area contributed by atoms with Crippen LogP contribution in [-0.4, -0.2) is 31.2 Å². The number of hydrogen-bond donors (Lipinski definition) is 0. The number of thioether (sulfide) groups is 1. The van der Waals surface area contributed by atoms with Gasteiger partial charge in [0.25, 0.3) is 0 Å². The predicted molar refractivity (Wildman–Crippen MR) is 77.1 cm³/mol. The lowest BCUT2D eigenvalue weighted by Crippen LogP contribution is -2.10. The fourth-order valence-electron chi connectivity index (χ4n) is 2.39. The Morgan fingerprint density at radius 3 is 2.95 bits per heavy atom. The molecule has 1 saturated carbocycles. The third-order valence-electron chi connectivity index (χ3n) is 3.53. The Hall–Kier alpha value is -1.69. The summed E-state index contributed by atoms with van der Waals surface area (Å²) in [6.45, 7) is 4.08. The molecule has 0 radical (unpaired) electrons. The van der Waals surface area contributed by atoms with E-state index in [-0.39, 0.29) is 5.25 Å². The van der Waals surface area contributed by atoms with Gasteiger partial charge in [0.05, 0.1) is 10.9 Å². The summed E-state index contributed by atoms with van der Waals surface area (Å²) in [5.41, 5.74) is 3.25.